The number of furan rings is 1. The van der Waals surface area contributed by atoms with Gasteiger partial charge in [-0.25, -0.2) is 4.98 Å². The summed E-state index contributed by atoms with van der Waals surface area (Å²) in [5, 5.41) is 1.35. The quantitative estimate of drug-likeness (QED) is 0.377. The average Bonchev–Trinajstić information content (AvgIpc) is 3.19. The molecule has 0 atom stereocenters. The predicted octanol–water partition coefficient (Wildman–Crippen LogP) is 4.37. The van der Waals surface area contributed by atoms with Crippen molar-refractivity contribution in [3.8, 4) is 0 Å². The summed E-state index contributed by atoms with van der Waals surface area (Å²) in [7, 11) is 0. The number of aromatic nitrogens is 2. The van der Waals surface area contributed by atoms with Crippen LogP contribution in [0.3, 0.4) is 0 Å². The molecule has 0 aliphatic heterocycles. The molecule has 0 aliphatic carbocycles. The topological polar surface area (TPSA) is 48.0 Å². The maximum Gasteiger partial charge on any atom is 0.262 e. The first-order chi connectivity index (χ1) is 12.8. The number of para-hydroxylation sites is 1. The van der Waals surface area contributed by atoms with E-state index in [-0.39, 0.29) is 5.56 Å². The molecular formula is C21H18N2O2S. The first-order valence-electron chi connectivity index (χ1n) is 8.50. The highest BCUT2D eigenvalue weighted by molar-refractivity contribution is 7.99. The Morgan fingerprint density at radius 2 is 1.77 bits per heavy atom. The van der Waals surface area contributed by atoms with E-state index in [1.165, 1.54) is 5.56 Å². The Labute approximate surface area is 155 Å². The van der Waals surface area contributed by atoms with E-state index < -0.39 is 0 Å². The molecule has 0 bridgehead atoms. The molecule has 4 aromatic rings. The van der Waals surface area contributed by atoms with E-state index in [4.69, 9.17) is 9.40 Å². The SMILES string of the molecule is O=c1c2ccccc2nc(SCCc2ccccc2)n1Cc1ccco1. The van der Waals surface area contributed by atoms with Gasteiger partial charge in [0.1, 0.15) is 5.76 Å². The van der Waals surface area contributed by atoms with E-state index in [1.807, 2.05) is 54.6 Å². The number of hydrogen-bond acceptors (Lipinski definition) is 4. The van der Waals surface area contributed by atoms with Gasteiger partial charge in [-0.05, 0) is 36.2 Å². The van der Waals surface area contributed by atoms with Crippen LogP contribution in [0.4, 0.5) is 0 Å². The standard InChI is InChI=1S/C21H18N2O2S/c24-20-18-10-4-5-11-19(18)22-21(23(20)15-17-9-6-13-25-17)26-14-12-16-7-2-1-3-8-16/h1-11,13H,12,14-15H2. The van der Waals surface area contributed by atoms with E-state index in [1.54, 1.807) is 22.6 Å². The van der Waals surface area contributed by atoms with Crippen LogP contribution in [-0.2, 0) is 13.0 Å². The van der Waals surface area contributed by atoms with Crippen molar-refractivity contribution in [3.63, 3.8) is 0 Å². The molecule has 0 saturated heterocycles. The summed E-state index contributed by atoms with van der Waals surface area (Å²) < 4.78 is 7.14. The fourth-order valence-electron chi connectivity index (χ4n) is 2.86. The van der Waals surface area contributed by atoms with E-state index >= 15 is 0 Å². The van der Waals surface area contributed by atoms with Gasteiger partial charge in [-0.15, -0.1) is 0 Å². The van der Waals surface area contributed by atoms with Gasteiger partial charge in [-0.2, -0.15) is 0 Å². The molecule has 2 heterocycles. The number of fused-ring (bicyclic) bond motifs is 1. The Kier molecular flexibility index (Phi) is 4.88. The summed E-state index contributed by atoms with van der Waals surface area (Å²) in [5.74, 6) is 1.60. The molecule has 0 unspecified atom stereocenters. The fourth-order valence-corrected chi connectivity index (χ4v) is 3.85. The van der Waals surface area contributed by atoms with Gasteiger partial charge in [0.05, 0.1) is 23.7 Å². The average molecular weight is 362 g/mol. The Morgan fingerprint density at radius 3 is 2.58 bits per heavy atom. The van der Waals surface area contributed by atoms with Gasteiger partial charge in [0.2, 0.25) is 0 Å². The molecule has 0 amide bonds. The van der Waals surface area contributed by atoms with E-state index in [9.17, 15) is 4.79 Å². The molecule has 26 heavy (non-hydrogen) atoms. The van der Waals surface area contributed by atoms with Crippen LogP contribution in [0.1, 0.15) is 11.3 Å². The Hall–Kier alpha value is -2.79. The predicted molar refractivity (Wildman–Crippen MR) is 105 cm³/mol. The molecular weight excluding hydrogens is 344 g/mol. The van der Waals surface area contributed by atoms with Crippen LogP contribution >= 0.6 is 11.8 Å². The highest BCUT2D eigenvalue weighted by Gasteiger charge is 2.13. The van der Waals surface area contributed by atoms with Crippen LogP contribution in [0.25, 0.3) is 10.9 Å². The molecule has 0 fully saturated rings. The zero-order chi connectivity index (χ0) is 17.8. The minimum Gasteiger partial charge on any atom is -0.467 e. The number of benzene rings is 2. The molecule has 4 nitrogen and oxygen atoms in total. The lowest BCUT2D eigenvalue weighted by molar-refractivity contribution is 0.476. The monoisotopic (exact) mass is 362 g/mol. The van der Waals surface area contributed by atoms with E-state index in [0.29, 0.717) is 11.9 Å². The fraction of sp³-hybridized carbons (Fsp3) is 0.143. The molecule has 4 rings (SSSR count). The lowest BCUT2D eigenvalue weighted by Gasteiger charge is -2.12. The molecule has 0 N–H and O–H groups in total. The van der Waals surface area contributed by atoms with Gasteiger partial charge in [0.15, 0.2) is 5.16 Å². The summed E-state index contributed by atoms with van der Waals surface area (Å²) in [6, 6.07) is 21.5. The molecule has 0 radical (unpaired) electrons. The summed E-state index contributed by atoms with van der Waals surface area (Å²) in [5.41, 5.74) is 1.98. The maximum atomic E-state index is 13.0. The summed E-state index contributed by atoms with van der Waals surface area (Å²) >= 11 is 1.60. The van der Waals surface area contributed by atoms with Crippen LogP contribution < -0.4 is 5.56 Å². The molecule has 5 heteroatoms. The van der Waals surface area contributed by atoms with Crippen molar-refractivity contribution < 1.29 is 4.42 Å². The van der Waals surface area contributed by atoms with Gasteiger partial charge >= 0.3 is 0 Å². The second kappa shape index (κ2) is 7.62. The molecule has 2 aromatic heterocycles. The molecule has 0 aliphatic rings. The van der Waals surface area contributed by atoms with Crippen LogP contribution in [-0.4, -0.2) is 15.3 Å². The third-order valence-electron chi connectivity index (χ3n) is 4.19. The van der Waals surface area contributed by atoms with Crippen molar-refractivity contribution in [3.05, 3.63) is 94.7 Å². The summed E-state index contributed by atoms with van der Waals surface area (Å²) in [6.45, 7) is 0.386. The molecule has 130 valence electrons. The first-order valence-corrected chi connectivity index (χ1v) is 9.48. The highest BCUT2D eigenvalue weighted by atomic mass is 32.2. The highest BCUT2D eigenvalue weighted by Crippen LogP contribution is 2.20. The Balaban J connectivity index is 1.65. The van der Waals surface area contributed by atoms with Crippen molar-refractivity contribution >= 4 is 22.7 Å². The van der Waals surface area contributed by atoms with Crippen LogP contribution in [0.15, 0.2) is 87.4 Å². The molecule has 0 spiro atoms. The lowest BCUT2D eigenvalue weighted by atomic mass is 10.2. The zero-order valence-electron chi connectivity index (χ0n) is 14.2. The summed E-state index contributed by atoms with van der Waals surface area (Å²) in [4.78, 5) is 17.7. The Bertz CT molecular complexity index is 1060. The maximum absolute atomic E-state index is 13.0. The normalized spacial score (nSPS) is 11.1. The third kappa shape index (κ3) is 3.58. The van der Waals surface area contributed by atoms with Gasteiger partial charge in [-0.1, -0.05) is 54.2 Å². The zero-order valence-corrected chi connectivity index (χ0v) is 15.0. The third-order valence-corrected chi connectivity index (χ3v) is 5.16. The lowest BCUT2D eigenvalue weighted by Crippen LogP contribution is -2.24. The number of thioether (sulfide) groups is 1. The van der Waals surface area contributed by atoms with E-state index in [2.05, 4.69) is 12.1 Å². The Morgan fingerprint density at radius 1 is 0.962 bits per heavy atom. The van der Waals surface area contributed by atoms with Crippen LogP contribution in [0.5, 0.6) is 0 Å². The van der Waals surface area contributed by atoms with Crippen molar-refractivity contribution in [1.82, 2.24) is 9.55 Å². The van der Waals surface area contributed by atoms with Crippen molar-refractivity contribution in [2.45, 2.75) is 18.1 Å². The largest absolute Gasteiger partial charge is 0.467 e. The first kappa shape index (κ1) is 16.7. The number of nitrogens with zero attached hydrogens (tertiary/aromatic N) is 2. The van der Waals surface area contributed by atoms with Gasteiger partial charge in [0.25, 0.3) is 5.56 Å². The van der Waals surface area contributed by atoms with Gasteiger partial charge in [-0.3, -0.25) is 9.36 Å². The number of hydrogen-bond donors (Lipinski definition) is 0. The minimum absolute atomic E-state index is 0.0331. The van der Waals surface area contributed by atoms with Crippen molar-refractivity contribution in [2.75, 3.05) is 5.75 Å². The second-order valence-corrected chi connectivity index (χ2v) is 7.03. The van der Waals surface area contributed by atoms with Crippen molar-refractivity contribution in [1.29, 1.82) is 0 Å². The van der Waals surface area contributed by atoms with Crippen LogP contribution in [0, 0.1) is 0 Å². The van der Waals surface area contributed by atoms with Gasteiger partial charge in [0, 0.05) is 5.75 Å². The second-order valence-electron chi connectivity index (χ2n) is 5.97. The van der Waals surface area contributed by atoms with Crippen molar-refractivity contribution in [2.24, 2.45) is 0 Å². The number of rotatable bonds is 6. The number of aryl methyl sites for hydroxylation is 1. The van der Waals surface area contributed by atoms with Gasteiger partial charge < -0.3 is 4.42 Å². The minimum atomic E-state index is -0.0331. The molecule has 0 saturated carbocycles. The molecule has 2 aromatic carbocycles. The summed E-state index contributed by atoms with van der Waals surface area (Å²) in [6.07, 6.45) is 2.55. The smallest absolute Gasteiger partial charge is 0.262 e. The van der Waals surface area contributed by atoms with E-state index in [0.717, 1.165) is 28.6 Å². The van der Waals surface area contributed by atoms with Crippen LogP contribution in [0.2, 0.25) is 0 Å².